The van der Waals surface area contributed by atoms with Crippen molar-refractivity contribution in [3.63, 3.8) is 0 Å². The summed E-state index contributed by atoms with van der Waals surface area (Å²) in [6.07, 6.45) is 0.272. The lowest BCUT2D eigenvalue weighted by atomic mass is 10.0. The quantitative estimate of drug-likeness (QED) is 0.409. The Morgan fingerprint density at radius 3 is 2.29 bits per heavy atom. The number of para-hydroxylation sites is 1. The Bertz CT molecular complexity index is 1380. The van der Waals surface area contributed by atoms with Crippen molar-refractivity contribution >= 4 is 22.8 Å². The fourth-order valence-corrected chi connectivity index (χ4v) is 3.88. The van der Waals surface area contributed by atoms with Gasteiger partial charge in [0.05, 0.1) is 17.6 Å². The highest BCUT2D eigenvalue weighted by atomic mass is 16.5. The molecule has 1 unspecified atom stereocenters. The van der Waals surface area contributed by atoms with Gasteiger partial charge in [-0.15, -0.1) is 0 Å². The molecule has 0 aliphatic carbocycles. The fraction of sp³-hybridized carbons (Fsp3) is 0.179. The summed E-state index contributed by atoms with van der Waals surface area (Å²) in [6.45, 7) is 3.62. The maximum atomic E-state index is 13.3. The minimum atomic E-state index is -0.893. The van der Waals surface area contributed by atoms with Gasteiger partial charge in [-0.1, -0.05) is 66.7 Å². The second-order valence-electron chi connectivity index (χ2n) is 7.90. The molecule has 0 saturated heterocycles. The van der Waals surface area contributed by atoms with Crippen molar-refractivity contribution in [1.82, 2.24) is 5.32 Å². The van der Waals surface area contributed by atoms with Crippen LogP contribution >= 0.6 is 0 Å². The zero-order valence-electron chi connectivity index (χ0n) is 19.0. The van der Waals surface area contributed by atoms with Crippen LogP contribution in [0.4, 0.5) is 0 Å². The average Bonchev–Trinajstić information content (AvgIpc) is 2.86. The maximum Gasteiger partial charge on any atom is 0.328 e. The predicted octanol–water partition coefficient (Wildman–Crippen LogP) is 4.67. The number of hydrogen-bond donors (Lipinski definition) is 1. The van der Waals surface area contributed by atoms with E-state index in [2.05, 4.69) is 5.32 Å². The molecule has 6 nitrogen and oxygen atoms in total. The minimum absolute atomic E-state index is 0.175. The number of rotatable bonds is 7. The molecule has 3 aromatic carbocycles. The summed E-state index contributed by atoms with van der Waals surface area (Å²) >= 11 is 0. The summed E-state index contributed by atoms with van der Waals surface area (Å²) < 4.78 is 11.3. The molecule has 0 bridgehead atoms. The van der Waals surface area contributed by atoms with Gasteiger partial charge in [0.25, 0.3) is 5.91 Å². The summed E-state index contributed by atoms with van der Waals surface area (Å²) in [5.74, 6) is -0.641. The van der Waals surface area contributed by atoms with Crippen molar-refractivity contribution in [3.05, 3.63) is 106 Å². The SMILES string of the molecule is CCOC(=O)C(Cc1ccccc1)NC(=O)c1cccc2c(=O)c(C)c(-c3ccccc3)oc12. The van der Waals surface area contributed by atoms with Crippen LogP contribution in [0, 0.1) is 6.92 Å². The lowest BCUT2D eigenvalue weighted by Crippen LogP contribution is -2.43. The molecule has 4 rings (SSSR count). The Morgan fingerprint density at radius 2 is 1.62 bits per heavy atom. The molecule has 34 heavy (non-hydrogen) atoms. The molecule has 0 aliphatic heterocycles. The van der Waals surface area contributed by atoms with Crippen LogP contribution in [0.1, 0.15) is 28.4 Å². The van der Waals surface area contributed by atoms with Crippen molar-refractivity contribution < 1.29 is 18.7 Å². The Morgan fingerprint density at radius 1 is 0.941 bits per heavy atom. The third kappa shape index (κ3) is 4.76. The monoisotopic (exact) mass is 455 g/mol. The molecule has 0 spiro atoms. The molecule has 1 aromatic heterocycles. The molecular weight excluding hydrogens is 430 g/mol. The lowest BCUT2D eigenvalue weighted by molar-refractivity contribution is -0.145. The molecule has 0 saturated carbocycles. The average molecular weight is 456 g/mol. The Hall–Kier alpha value is -4.19. The van der Waals surface area contributed by atoms with Crippen LogP contribution in [0.5, 0.6) is 0 Å². The normalized spacial score (nSPS) is 11.7. The van der Waals surface area contributed by atoms with Gasteiger partial charge in [-0.3, -0.25) is 9.59 Å². The molecule has 6 heteroatoms. The van der Waals surface area contributed by atoms with Gasteiger partial charge in [0.2, 0.25) is 0 Å². The van der Waals surface area contributed by atoms with Gasteiger partial charge in [-0.25, -0.2) is 4.79 Å². The molecule has 4 aromatic rings. The van der Waals surface area contributed by atoms with Crippen LogP contribution in [0.15, 0.2) is 88.1 Å². The van der Waals surface area contributed by atoms with Crippen LogP contribution in [-0.4, -0.2) is 24.5 Å². The summed E-state index contributed by atoms with van der Waals surface area (Å²) in [5.41, 5.74) is 2.23. The van der Waals surface area contributed by atoms with E-state index in [1.54, 1.807) is 32.0 Å². The smallest absolute Gasteiger partial charge is 0.328 e. The molecule has 1 amide bonds. The van der Waals surface area contributed by atoms with Gasteiger partial charge in [0.15, 0.2) is 11.0 Å². The van der Waals surface area contributed by atoms with Crippen molar-refractivity contribution in [2.75, 3.05) is 6.61 Å². The van der Waals surface area contributed by atoms with E-state index < -0.39 is 17.9 Å². The van der Waals surface area contributed by atoms with Gasteiger partial charge in [0, 0.05) is 17.5 Å². The van der Waals surface area contributed by atoms with Crippen LogP contribution < -0.4 is 10.7 Å². The molecule has 0 aliphatic rings. The first-order valence-corrected chi connectivity index (χ1v) is 11.1. The highest BCUT2D eigenvalue weighted by Gasteiger charge is 2.25. The third-order valence-corrected chi connectivity index (χ3v) is 5.58. The Kier molecular flexibility index (Phi) is 6.87. The number of benzene rings is 3. The topological polar surface area (TPSA) is 85.6 Å². The van der Waals surface area contributed by atoms with E-state index in [4.69, 9.17) is 9.15 Å². The van der Waals surface area contributed by atoms with Crippen LogP contribution in [0.3, 0.4) is 0 Å². The summed E-state index contributed by atoms with van der Waals surface area (Å²) in [7, 11) is 0. The van der Waals surface area contributed by atoms with Crippen molar-refractivity contribution in [1.29, 1.82) is 0 Å². The van der Waals surface area contributed by atoms with E-state index >= 15 is 0 Å². The van der Waals surface area contributed by atoms with Crippen LogP contribution in [0.25, 0.3) is 22.3 Å². The zero-order chi connectivity index (χ0) is 24.1. The first-order valence-electron chi connectivity index (χ1n) is 11.1. The number of carbonyl (C=O) groups is 2. The van der Waals surface area contributed by atoms with Crippen molar-refractivity contribution in [2.24, 2.45) is 0 Å². The molecule has 1 N–H and O–H groups in total. The van der Waals surface area contributed by atoms with Crippen LogP contribution in [0.2, 0.25) is 0 Å². The fourth-order valence-electron chi connectivity index (χ4n) is 3.88. The van der Waals surface area contributed by atoms with E-state index in [1.165, 1.54) is 0 Å². The van der Waals surface area contributed by atoms with E-state index in [9.17, 15) is 14.4 Å². The highest BCUT2D eigenvalue weighted by molar-refractivity contribution is 6.06. The molecule has 0 radical (unpaired) electrons. The molecular formula is C28H25NO5. The van der Waals surface area contributed by atoms with Crippen molar-refractivity contribution in [3.8, 4) is 11.3 Å². The molecule has 172 valence electrons. The molecule has 0 fully saturated rings. The first kappa shape index (κ1) is 23.0. The highest BCUT2D eigenvalue weighted by Crippen LogP contribution is 2.27. The number of ether oxygens (including phenoxy) is 1. The number of esters is 1. The van der Waals surface area contributed by atoms with Gasteiger partial charge >= 0.3 is 5.97 Å². The van der Waals surface area contributed by atoms with E-state index in [0.29, 0.717) is 16.7 Å². The summed E-state index contributed by atoms with van der Waals surface area (Å²) in [4.78, 5) is 39.0. The standard InChI is InChI=1S/C28H25NO5/c1-3-33-28(32)23(17-19-11-6-4-7-12-19)29-27(31)22-16-10-15-21-24(30)18(2)25(34-26(21)22)20-13-8-5-9-14-20/h4-16,23H,3,17H2,1-2H3,(H,29,31). The van der Waals surface area contributed by atoms with E-state index in [-0.39, 0.29) is 29.6 Å². The Balaban J connectivity index is 1.74. The van der Waals surface area contributed by atoms with Gasteiger partial charge in [-0.2, -0.15) is 0 Å². The summed E-state index contributed by atoms with van der Waals surface area (Å²) in [6, 6.07) is 22.6. The second-order valence-corrected chi connectivity index (χ2v) is 7.90. The van der Waals surface area contributed by atoms with E-state index in [1.807, 2.05) is 60.7 Å². The first-order chi connectivity index (χ1) is 16.5. The van der Waals surface area contributed by atoms with Gasteiger partial charge in [-0.05, 0) is 31.5 Å². The lowest BCUT2D eigenvalue weighted by Gasteiger charge is -2.18. The minimum Gasteiger partial charge on any atom is -0.464 e. The summed E-state index contributed by atoms with van der Waals surface area (Å²) in [5, 5.41) is 3.08. The number of carbonyl (C=O) groups excluding carboxylic acids is 2. The zero-order valence-corrected chi connectivity index (χ0v) is 19.0. The van der Waals surface area contributed by atoms with Gasteiger partial charge < -0.3 is 14.5 Å². The number of amides is 1. The van der Waals surface area contributed by atoms with E-state index in [0.717, 1.165) is 11.1 Å². The third-order valence-electron chi connectivity index (χ3n) is 5.58. The van der Waals surface area contributed by atoms with Gasteiger partial charge in [0.1, 0.15) is 11.8 Å². The predicted molar refractivity (Wildman–Crippen MR) is 131 cm³/mol. The van der Waals surface area contributed by atoms with Crippen LogP contribution in [-0.2, 0) is 16.0 Å². The largest absolute Gasteiger partial charge is 0.464 e. The number of hydrogen-bond acceptors (Lipinski definition) is 5. The molecule has 1 heterocycles. The number of fused-ring (bicyclic) bond motifs is 1. The van der Waals surface area contributed by atoms with Crippen molar-refractivity contribution in [2.45, 2.75) is 26.3 Å². The molecule has 1 atom stereocenters. The second kappa shape index (κ2) is 10.2. The maximum absolute atomic E-state index is 13.3. The Labute approximate surface area is 197 Å². The number of nitrogens with one attached hydrogen (secondary N) is 1.